The Morgan fingerprint density at radius 2 is 1.82 bits per heavy atom. The minimum Gasteiger partial charge on any atom is -0.508 e. The zero-order valence-electron chi connectivity index (χ0n) is 28.2. The average molecular weight is 670 g/mol. The summed E-state index contributed by atoms with van der Waals surface area (Å²) in [6.45, 7) is 12.7. The standard InChI is InChI=1S/C28H27N9O5.C5H10.C2H6/c1-17-12-18(3-5-23(17)42-20-6-9-36-24(13-20)30-15-32-36)34-27-25-21(7-10-37(25)33-16-31-27)35-11-8-29-19(14-35)2-4-22(38)26(39)28(40)41;1-3-5-4-2;1-2/h3,5-10,12-13,15-16,19,38-39H,2,4,11,14H2,1H3,(H,40,41)(H,31,33,34);3H,1,4-5H2,2H3;1-2H3/b26-22-;;. The first kappa shape index (κ1) is 35.9. The van der Waals surface area contributed by atoms with Gasteiger partial charge in [0.1, 0.15) is 35.4 Å². The molecule has 0 saturated heterocycles. The van der Waals surface area contributed by atoms with E-state index in [1.54, 1.807) is 21.4 Å². The first-order valence-corrected chi connectivity index (χ1v) is 16.2. The van der Waals surface area contributed by atoms with Crippen LogP contribution in [0.3, 0.4) is 0 Å². The van der Waals surface area contributed by atoms with Crippen LogP contribution in [-0.4, -0.2) is 75.8 Å². The smallest absolute Gasteiger partial charge is 0.374 e. The van der Waals surface area contributed by atoms with Gasteiger partial charge in [-0.1, -0.05) is 33.3 Å². The number of aliphatic imine (C=N–C) groups is 1. The van der Waals surface area contributed by atoms with Crippen LogP contribution >= 0.6 is 0 Å². The lowest BCUT2D eigenvalue weighted by molar-refractivity contribution is -0.135. The van der Waals surface area contributed by atoms with Gasteiger partial charge in [-0.2, -0.15) is 10.2 Å². The SMILES string of the molecule is C=CCCC.CC.Cc1cc(Nc2ncnn3ccc(N4CC=NC(CC/C(O)=C(/O)C(=O)O)C4)c23)ccc1Oc1ccn2ncnc2c1. The lowest BCUT2D eigenvalue weighted by Gasteiger charge is -2.29. The largest absolute Gasteiger partial charge is 0.508 e. The van der Waals surface area contributed by atoms with E-state index in [0.29, 0.717) is 42.5 Å². The number of rotatable bonds is 11. The molecule has 0 amide bonds. The fraction of sp³-hybridized carbons (Fsp3) is 0.314. The molecule has 1 atom stereocenters. The number of aliphatic hydroxyl groups excluding tert-OH is 2. The predicted molar refractivity (Wildman–Crippen MR) is 191 cm³/mol. The van der Waals surface area contributed by atoms with Gasteiger partial charge in [0, 0.05) is 43.3 Å². The zero-order chi connectivity index (χ0) is 35.3. The van der Waals surface area contributed by atoms with Crippen molar-refractivity contribution in [2.45, 2.75) is 59.4 Å². The molecule has 0 aliphatic carbocycles. The van der Waals surface area contributed by atoms with Gasteiger partial charge in [-0.05, 0) is 55.7 Å². The third-order valence-electron chi connectivity index (χ3n) is 7.42. The van der Waals surface area contributed by atoms with Crippen LogP contribution in [0, 0.1) is 6.92 Å². The number of benzene rings is 1. The number of aliphatic carboxylic acids is 1. The molecule has 1 aliphatic heterocycles. The van der Waals surface area contributed by atoms with Crippen molar-refractivity contribution in [2.24, 2.45) is 4.99 Å². The highest BCUT2D eigenvalue weighted by atomic mass is 16.5. The van der Waals surface area contributed by atoms with Crippen molar-refractivity contribution < 1.29 is 24.9 Å². The van der Waals surface area contributed by atoms with Crippen LogP contribution in [0.2, 0.25) is 0 Å². The Labute approximate surface area is 284 Å². The molecule has 5 aromatic rings. The molecule has 0 radical (unpaired) electrons. The summed E-state index contributed by atoms with van der Waals surface area (Å²) in [6, 6.07) is 11.2. The second-order valence-corrected chi connectivity index (χ2v) is 10.8. The van der Waals surface area contributed by atoms with Gasteiger partial charge in [-0.25, -0.2) is 23.8 Å². The topological polar surface area (TPSA) is 175 Å². The molecular weight excluding hydrogens is 626 g/mol. The molecule has 0 bridgehead atoms. The summed E-state index contributed by atoms with van der Waals surface area (Å²) < 4.78 is 9.51. The summed E-state index contributed by atoms with van der Waals surface area (Å²) in [4.78, 5) is 26.2. The average Bonchev–Trinajstić information content (AvgIpc) is 3.77. The van der Waals surface area contributed by atoms with Gasteiger partial charge in [0.2, 0.25) is 5.76 Å². The molecule has 0 fully saturated rings. The number of nitrogens with one attached hydrogen (secondary N) is 1. The van der Waals surface area contributed by atoms with Crippen LogP contribution in [0.4, 0.5) is 17.2 Å². The number of hydrogen-bond acceptors (Lipinski definition) is 11. The van der Waals surface area contributed by atoms with E-state index in [1.165, 1.54) is 19.1 Å². The summed E-state index contributed by atoms with van der Waals surface area (Å²) in [6.07, 6.45) is 13.1. The van der Waals surface area contributed by atoms with Crippen molar-refractivity contribution in [1.82, 2.24) is 29.2 Å². The number of carboxylic acid groups (broad SMARTS) is 1. The summed E-state index contributed by atoms with van der Waals surface area (Å²) in [7, 11) is 0. The van der Waals surface area contributed by atoms with E-state index in [9.17, 15) is 15.0 Å². The molecule has 14 heteroatoms. The molecule has 1 unspecified atom stereocenters. The number of carboxylic acids is 1. The van der Waals surface area contributed by atoms with Crippen molar-refractivity contribution in [1.29, 1.82) is 0 Å². The number of aryl methyl sites for hydroxylation is 1. The second-order valence-electron chi connectivity index (χ2n) is 10.8. The predicted octanol–water partition coefficient (Wildman–Crippen LogP) is 7.07. The number of ether oxygens (including phenoxy) is 1. The van der Waals surface area contributed by atoms with E-state index in [4.69, 9.17) is 9.84 Å². The maximum atomic E-state index is 10.9. The van der Waals surface area contributed by atoms with Crippen molar-refractivity contribution in [3.63, 3.8) is 0 Å². The number of aliphatic hydroxyl groups is 2. The number of nitrogens with zero attached hydrogens (tertiary/aromatic N) is 8. The quantitative estimate of drug-likeness (QED) is 0.0643. The Morgan fingerprint density at radius 1 is 1.06 bits per heavy atom. The number of allylic oxidation sites excluding steroid dienone is 2. The van der Waals surface area contributed by atoms with Crippen molar-refractivity contribution in [3.8, 4) is 11.5 Å². The molecule has 1 aliphatic rings. The van der Waals surface area contributed by atoms with Gasteiger partial charge < -0.3 is 30.3 Å². The number of anilines is 3. The summed E-state index contributed by atoms with van der Waals surface area (Å²) in [5.74, 6) is -1.20. The van der Waals surface area contributed by atoms with Gasteiger partial charge in [0.15, 0.2) is 11.5 Å². The number of aromatic nitrogens is 6. The number of hydrogen-bond donors (Lipinski definition) is 4. The maximum Gasteiger partial charge on any atom is 0.374 e. The number of pyridine rings is 1. The molecule has 5 heterocycles. The van der Waals surface area contributed by atoms with E-state index in [0.717, 1.165) is 28.9 Å². The first-order chi connectivity index (χ1) is 23.8. The number of unbranched alkanes of at least 4 members (excludes halogenated alkanes) is 1. The highest BCUT2D eigenvalue weighted by Crippen LogP contribution is 2.33. The number of carbonyl (C=O) groups is 1. The molecule has 0 saturated carbocycles. The van der Waals surface area contributed by atoms with Crippen LogP contribution in [0.25, 0.3) is 11.2 Å². The summed E-state index contributed by atoms with van der Waals surface area (Å²) in [5.41, 5.74) is 4.10. The molecule has 1 aromatic carbocycles. The normalized spacial score (nSPS) is 14.3. The van der Waals surface area contributed by atoms with Crippen LogP contribution in [0.1, 0.15) is 52.0 Å². The Balaban J connectivity index is 0.000000710. The molecule has 258 valence electrons. The molecule has 4 N–H and O–H groups in total. The lowest BCUT2D eigenvalue weighted by atomic mass is 10.1. The van der Waals surface area contributed by atoms with Crippen molar-refractivity contribution in [3.05, 3.63) is 91.2 Å². The Hall–Kier alpha value is -5.92. The maximum absolute atomic E-state index is 10.9. The molecule has 4 aromatic heterocycles. The number of fused-ring (bicyclic) bond motifs is 2. The van der Waals surface area contributed by atoms with Crippen LogP contribution in [-0.2, 0) is 4.79 Å². The highest BCUT2D eigenvalue weighted by molar-refractivity contribution is 5.88. The summed E-state index contributed by atoms with van der Waals surface area (Å²) >= 11 is 0. The van der Waals surface area contributed by atoms with E-state index < -0.39 is 17.5 Å². The molecule has 0 spiro atoms. The van der Waals surface area contributed by atoms with E-state index in [1.807, 2.05) is 69.4 Å². The van der Waals surface area contributed by atoms with Crippen LogP contribution in [0.5, 0.6) is 11.5 Å². The van der Waals surface area contributed by atoms with Gasteiger partial charge in [-0.3, -0.25) is 4.99 Å². The fourth-order valence-electron chi connectivity index (χ4n) is 5.03. The summed E-state index contributed by atoms with van der Waals surface area (Å²) in [5, 5.41) is 40.1. The Bertz CT molecular complexity index is 1930. The third kappa shape index (κ3) is 9.12. The first-order valence-electron chi connectivity index (χ1n) is 16.2. The minimum absolute atomic E-state index is 0.00531. The fourth-order valence-corrected chi connectivity index (χ4v) is 5.03. The Morgan fingerprint density at radius 3 is 2.53 bits per heavy atom. The molecule has 6 rings (SSSR count). The minimum atomic E-state index is -1.57. The Kier molecular flexibility index (Phi) is 12.7. The molecule has 49 heavy (non-hydrogen) atoms. The van der Waals surface area contributed by atoms with Gasteiger partial charge >= 0.3 is 5.97 Å². The third-order valence-corrected chi connectivity index (χ3v) is 7.42. The van der Waals surface area contributed by atoms with Gasteiger partial charge in [-0.15, -0.1) is 6.58 Å². The monoisotopic (exact) mass is 669 g/mol. The van der Waals surface area contributed by atoms with E-state index >= 15 is 0 Å². The van der Waals surface area contributed by atoms with Crippen molar-refractivity contribution >= 4 is 40.5 Å². The van der Waals surface area contributed by atoms with Gasteiger partial charge in [0.05, 0.1) is 18.3 Å². The molecule has 14 nitrogen and oxygen atoms in total. The zero-order valence-corrected chi connectivity index (χ0v) is 28.2. The van der Waals surface area contributed by atoms with Crippen molar-refractivity contribution in [2.75, 3.05) is 23.3 Å². The van der Waals surface area contributed by atoms with Crippen LogP contribution < -0.4 is 15.0 Å². The highest BCUT2D eigenvalue weighted by Gasteiger charge is 2.23. The molecular formula is C35H43N9O5. The van der Waals surface area contributed by atoms with Gasteiger partial charge in [0.25, 0.3) is 0 Å². The van der Waals surface area contributed by atoms with E-state index in [2.05, 4.69) is 48.9 Å². The lowest BCUT2D eigenvalue weighted by Crippen LogP contribution is -2.37. The van der Waals surface area contributed by atoms with Crippen LogP contribution in [0.15, 0.2) is 90.6 Å². The van der Waals surface area contributed by atoms with E-state index in [-0.39, 0.29) is 12.5 Å². The second kappa shape index (κ2) is 17.3.